The van der Waals surface area contributed by atoms with Crippen molar-refractivity contribution < 1.29 is 5.11 Å². The Labute approximate surface area is 69.1 Å². The first-order chi connectivity index (χ1) is 5.39. The molecule has 1 aliphatic rings. The highest BCUT2D eigenvalue weighted by Gasteiger charge is 2.03. The minimum absolute atomic E-state index is 0.0264. The zero-order valence-corrected chi connectivity index (χ0v) is 7.13. The minimum Gasteiger partial charge on any atom is -0.393 e. The highest BCUT2D eigenvalue weighted by Crippen LogP contribution is 2.12. The molecule has 0 bridgehead atoms. The summed E-state index contributed by atoms with van der Waals surface area (Å²) in [4.78, 5) is 0. The van der Waals surface area contributed by atoms with Crippen molar-refractivity contribution >= 4 is 0 Å². The molecule has 0 radical (unpaired) electrons. The van der Waals surface area contributed by atoms with Gasteiger partial charge in [0.2, 0.25) is 0 Å². The fraction of sp³-hybridized carbons (Fsp3) is 0.800. The molecule has 0 heterocycles. The van der Waals surface area contributed by atoms with Crippen molar-refractivity contribution in [2.24, 2.45) is 0 Å². The van der Waals surface area contributed by atoms with Crippen molar-refractivity contribution in [2.45, 2.75) is 51.0 Å². The Hall–Kier alpha value is -0.300. The molecule has 0 aromatic heterocycles. The molecule has 1 rings (SSSR count). The molecule has 1 aliphatic carbocycles. The first kappa shape index (κ1) is 8.79. The van der Waals surface area contributed by atoms with E-state index >= 15 is 0 Å². The number of hydrogen-bond acceptors (Lipinski definition) is 1. The normalized spacial score (nSPS) is 31.2. The molecule has 0 aromatic rings. The van der Waals surface area contributed by atoms with Crippen LogP contribution in [0.15, 0.2) is 12.2 Å². The molecule has 1 heteroatoms. The van der Waals surface area contributed by atoms with Gasteiger partial charge in [0.1, 0.15) is 0 Å². The maximum absolute atomic E-state index is 9.41. The molecule has 1 N–H and O–H groups in total. The van der Waals surface area contributed by atoms with E-state index < -0.39 is 0 Å². The quantitative estimate of drug-likeness (QED) is 0.532. The van der Waals surface area contributed by atoms with Crippen LogP contribution in [0, 0.1) is 0 Å². The van der Waals surface area contributed by atoms with Crippen molar-refractivity contribution in [1.29, 1.82) is 0 Å². The summed E-state index contributed by atoms with van der Waals surface area (Å²) in [6, 6.07) is 0. The summed E-state index contributed by atoms with van der Waals surface area (Å²) in [6.45, 7) is 0. The largest absolute Gasteiger partial charge is 0.393 e. The average molecular weight is 154 g/mol. The maximum Gasteiger partial charge on any atom is 0.0540 e. The molecule has 0 aromatic carbocycles. The summed E-state index contributed by atoms with van der Waals surface area (Å²) in [7, 11) is 0. The predicted molar refractivity (Wildman–Crippen MR) is 47.5 cm³/mol. The van der Waals surface area contributed by atoms with Crippen LogP contribution in [0.4, 0.5) is 0 Å². The summed E-state index contributed by atoms with van der Waals surface area (Å²) < 4.78 is 0. The lowest BCUT2D eigenvalue weighted by Crippen LogP contribution is -2.05. The summed E-state index contributed by atoms with van der Waals surface area (Å²) in [5.41, 5.74) is 0. The molecule has 0 spiro atoms. The fourth-order valence-electron chi connectivity index (χ4n) is 1.49. The van der Waals surface area contributed by atoms with E-state index in [0.717, 1.165) is 25.7 Å². The fourth-order valence-corrected chi connectivity index (χ4v) is 1.49. The van der Waals surface area contributed by atoms with Crippen molar-refractivity contribution in [1.82, 2.24) is 0 Å². The lowest BCUT2D eigenvalue weighted by molar-refractivity contribution is 0.148. The lowest BCUT2D eigenvalue weighted by Gasteiger charge is -2.09. The van der Waals surface area contributed by atoms with Gasteiger partial charge >= 0.3 is 0 Å². The lowest BCUT2D eigenvalue weighted by atomic mass is 10.0. The van der Waals surface area contributed by atoms with E-state index in [0.29, 0.717) is 0 Å². The molecule has 0 amide bonds. The van der Waals surface area contributed by atoms with Crippen molar-refractivity contribution in [3.05, 3.63) is 12.2 Å². The monoisotopic (exact) mass is 154 g/mol. The molecular formula is C10H18O. The SMILES string of the molecule is OC1CCC/C=C\CCCC1. The number of rotatable bonds is 0. The van der Waals surface area contributed by atoms with E-state index in [-0.39, 0.29) is 6.10 Å². The third-order valence-electron chi connectivity index (χ3n) is 2.23. The van der Waals surface area contributed by atoms with Gasteiger partial charge in [0.05, 0.1) is 6.10 Å². The predicted octanol–water partition coefficient (Wildman–Crippen LogP) is 2.65. The topological polar surface area (TPSA) is 20.2 Å². The molecule has 1 atom stereocenters. The van der Waals surface area contributed by atoms with Gasteiger partial charge in [-0.1, -0.05) is 18.6 Å². The Bertz CT molecular complexity index is 118. The summed E-state index contributed by atoms with van der Waals surface area (Å²) in [5, 5.41) is 9.41. The molecular weight excluding hydrogens is 136 g/mol. The zero-order chi connectivity index (χ0) is 7.94. The van der Waals surface area contributed by atoms with Gasteiger partial charge < -0.3 is 5.11 Å². The molecule has 11 heavy (non-hydrogen) atoms. The van der Waals surface area contributed by atoms with E-state index in [2.05, 4.69) is 12.2 Å². The summed E-state index contributed by atoms with van der Waals surface area (Å²) in [6.07, 6.45) is 12.4. The summed E-state index contributed by atoms with van der Waals surface area (Å²) >= 11 is 0. The van der Waals surface area contributed by atoms with Crippen LogP contribution in [0.25, 0.3) is 0 Å². The third kappa shape index (κ3) is 4.20. The van der Waals surface area contributed by atoms with Gasteiger partial charge in [-0.3, -0.25) is 0 Å². The van der Waals surface area contributed by atoms with Crippen LogP contribution in [-0.4, -0.2) is 11.2 Å². The minimum atomic E-state index is -0.0264. The smallest absolute Gasteiger partial charge is 0.0540 e. The van der Waals surface area contributed by atoms with Crippen LogP contribution < -0.4 is 0 Å². The van der Waals surface area contributed by atoms with Gasteiger partial charge in [-0.15, -0.1) is 0 Å². The highest BCUT2D eigenvalue weighted by atomic mass is 16.3. The number of hydrogen-bond donors (Lipinski definition) is 1. The molecule has 0 aliphatic heterocycles. The van der Waals surface area contributed by atoms with Crippen LogP contribution in [0.5, 0.6) is 0 Å². The molecule has 1 unspecified atom stereocenters. The van der Waals surface area contributed by atoms with E-state index in [4.69, 9.17) is 0 Å². The van der Waals surface area contributed by atoms with E-state index in [1.165, 1.54) is 19.3 Å². The van der Waals surface area contributed by atoms with Gasteiger partial charge in [0.25, 0.3) is 0 Å². The molecule has 64 valence electrons. The number of aliphatic hydroxyl groups excluding tert-OH is 1. The second-order valence-corrected chi connectivity index (χ2v) is 3.34. The average Bonchev–Trinajstić information content (AvgIpc) is 2.03. The Morgan fingerprint density at radius 3 is 2.36 bits per heavy atom. The van der Waals surface area contributed by atoms with Gasteiger partial charge in [0.15, 0.2) is 0 Å². The van der Waals surface area contributed by atoms with E-state index in [9.17, 15) is 5.11 Å². The van der Waals surface area contributed by atoms with Crippen LogP contribution in [0.3, 0.4) is 0 Å². The summed E-state index contributed by atoms with van der Waals surface area (Å²) in [5.74, 6) is 0. The first-order valence-corrected chi connectivity index (χ1v) is 4.72. The van der Waals surface area contributed by atoms with Gasteiger partial charge in [-0.2, -0.15) is 0 Å². The zero-order valence-electron chi connectivity index (χ0n) is 7.13. The van der Waals surface area contributed by atoms with E-state index in [1.54, 1.807) is 0 Å². The van der Waals surface area contributed by atoms with Crippen LogP contribution in [0.1, 0.15) is 44.9 Å². The first-order valence-electron chi connectivity index (χ1n) is 4.72. The number of allylic oxidation sites excluding steroid dienone is 2. The van der Waals surface area contributed by atoms with Gasteiger partial charge in [-0.05, 0) is 38.5 Å². The van der Waals surface area contributed by atoms with Crippen molar-refractivity contribution in [3.8, 4) is 0 Å². The molecule has 0 saturated heterocycles. The Morgan fingerprint density at radius 1 is 0.909 bits per heavy atom. The second-order valence-electron chi connectivity index (χ2n) is 3.34. The molecule has 0 saturated carbocycles. The van der Waals surface area contributed by atoms with Crippen molar-refractivity contribution in [2.75, 3.05) is 0 Å². The maximum atomic E-state index is 9.41. The standard InChI is InChI=1S/C10H18O/c11-10-8-6-4-2-1-3-5-7-9-10/h1-2,10-11H,3-9H2/b2-1-. The van der Waals surface area contributed by atoms with E-state index in [1.807, 2.05) is 0 Å². The molecule has 1 nitrogen and oxygen atoms in total. The van der Waals surface area contributed by atoms with Crippen LogP contribution in [0.2, 0.25) is 0 Å². The number of aliphatic hydroxyl groups is 1. The Balaban J connectivity index is 2.23. The van der Waals surface area contributed by atoms with Gasteiger partial charge in [-0.25, -0.2) is 0 Å². The van der Waals surface area contributed by atoms with Gasteiger partial charge in [0, 0.05) is 0 Å². The highest BCUT2D eigenvalue weighted by molar-refractivity contribution is 4.82. The van der Waals surface area contributed by atoms with Crippen molar-refractivity contribution in [3.63, 3.8) is 0 Å². The Kier molecular flexibility index (Phi) is 4.29. The Morgan fingerprint density at radius 2 is 1.55 bits per heavy atom. The van der Waals surface area contributed by atoms with Crippen LogP contribution in [-0.2, 0) is 0 Å². The van der Waals surface area contributed by atoms with Crippen LogP contribution >= 0.6 is 0 Å². The third-order valence-corrected chi connectivity index (χ3v) is 2.23. The molecule has 0 fully saturated rings. The second kappa shape index (κ2) is 5.36.